The zero-order chi connectivity index (χ0) is 10.6. The second-order valence-electron chi connectivity index (χ2n) is 3.05. The number of ether oxygens (including phenoxy) is 1. The molecule has 2 nitrogen and oxygen atoms in total. The fraction of sp³-hybridized carbons (Fsp3) is 0.400. The van der Waals surface area contributed by atoms with Crippen LogP contribution in [0.4, 0.5) is 8.78 Å². The highest BCUT2D eigenvalue weighted by molar-refractivity contribution is 5.24. The van der Waals surface area contributed by atoms with Gasteiger partial charge in [-0.3, -0.25) is 0 Å². The Morgan fingerprint density at radius 3 is 2.71 bits per heavy atom. The molecule has 0 aliphatic rings. The minimum absolute atomic E-state index is 0.0373. The monoisotopic (exact) mass is 201 g/mol. The molecule has 1 aromatic carbocycles. The minimum atomic E-state index is -0.701. The van der Waals surface area contributed by atoms with Crippen molar-refractivity contribution in [2.45, 2.75) is 19.4 Å². The molecule has 2 N–H and O–H groups in total. The molecule has 1 atom stereocenters. The first-order valence-corrected chi connectivity index (χ1v) is 4.47. The topological polar surface area (TPSA) is 35.2 Å². The molecular weight excluding hydrogens is 188 g/mol. The molecule has 0 saturated heterocycles. The maximum atomic E-state index is 13.0. The van der Waals surface area contributed by atoms with Gasteiger partial charge in [0.25, 0.3) is 0 Å². The van der Waals surface area contributed by atoms with Gasteiger partial charge < -0.3 is 10.5 Å². The summed E-state index contributed by atoms with van der Waals surface area (Å²) in [4.78, 5) is 0. The first-order valence-electron chi connectivity index (χ1n) is 4.47. The molecule has 4 heteroatoms. The van der Waals surface area contributed by atoms with E-state index in [-0.39, 0.29) is 18.4 Å². The summed E-state index contributed by atoms with van der Waals surface area (Å²) in [6.45, 7) is 2.15. The van der Waals surface area contributed by atoms with Crippen molar-refractivity contribution in [2.24, 2.45) is 5.73 Å². The number of hydrogen-bond donors (Lipinski definition) is 1. The molecule has 14 heavy (non-hydrogen) atoms. The van der Waals surface area contributed by atoms with Crippen LogP contribution in [0, 0.1) is 11.6 Å². The van der Waals surface area contributed by atoms with Gasteiger partial charge in [0, 0.05) is 12.1 Å². The lowest BCUT2D eigenvalue weighted by molar-refractivity contribution is 0.272. The maximum Gasteiger partial charge on any atom is 0.167 e. The highest BCUT2D eigenvalue weighted by Crippen LogP contribution is 2.17. The molecule has 0 fully saturated rings. The van der Waals surface area contributed by atoms with Crippen LogP contribution in [0.1, 0.15) is 13.3 Å². The smallest absolute Gasteiger partial charge is 0.167 e. The quantitative estimate of drug-likeness (QED) is 0.809. The molecule has 0 unspecified atom stereocenters. The maximum absolute atomic E-state index is 13.0. The molecule has 0 amide bonds. The van der Waals surface area contributed by atoms with Crippen molar-refractivity contribution >= 4 is 0 Å². The Bertz CT molecular complexity index is 304. The molecule has 0 radical (unpaired) electrons. The van der Waals surface area contributed by atoms with Crippen molar-refractivity contribution in [1.82, 2.24) is 0 Å². The van der Waals surface area contributed by atoms with E-state index < -0.39 is 11.6 Å². The second-order valence-corrected chi connectivity index (χ2v) is 3.05. The van der Waals surface area contributed by atoms with E-state index in [1.165, 1.54) is 6.07 Å². The first-order chi connectivity index (χ1) is 6.63. The molecule has 78 valence electrons. The van der Waals surface area contributed by atoms with Crippen LogP contribution in [0.15, 0.2) is 18.2 Å². The van der Waals surface area contributed by atoms with E-state index >= 15 is 0 Å². The number of benzene rings is 1. The third-order valence-electron chi connectivity index (χ3n) is 1.87. The Balaban J connectivity index is 2.59. The Morgan fingerprint density at radius 1 is 1.43 bits per heavy atom. The van der Waals surface area contributed by atoms with Gasteiger partial charge in [-0.1, -0.05) is 6.92 Å². The predicted octanol–water partition coefficient (Wildman–Crippen LogP) is 2.08. The lowest BCUT2D eigenvalue weighted by Gasteiger charge is -2.11. The van der Waals surface area contributed by atoms with Crippen LogP contribution in [0.2, 0.25) is 0 Å². The van der Waals surface area contributed by atoms with Crippen LogP contribution in [-0.4, -0.2) is 12.6 Å². The molecule has 0 spiro atoms. The fourth-order valence-corrected chi connectivity index (χ4v) is 0.907. The van der Waals surface area contributed by atoms with Crippen LogP contribution in [-0.2, 0) is 0 Å². The number of halogens is 2. The molecule has 0 bridgehead atoms. The van der Waals surface area contributed by atoms with Crippen molar-refractivity contribution in [3.63, 3.8) is 0 Å². The van der Waals surface area contributed by atoms with Gasteiger partial charge in [-0.15, -0.1) is 0 Å². The van der Waals surface area contributed by atoms with Crippen molar-refractivity contribution in [3.8, 4) is 5.75 Å². The van der Waals surface area contributed by atoms with E-state index in [0.717, 1.165) is 18.6 Å². The van der Waals surface area contributed by atoms with E-state index in [9.17, 15) is 8.78 Å². The fourth-order valence-electron chi connectivity index (χ4n) is 0.907. The molecule has 0 aromatic heterocycles. The Labute approximate surface area is 81.7 Å². The van der Waals surface area contributed by atoms with E-state index in [4.69, 9.17) is 10.5 Å². The molecule has 0 saturated carbocycles. The third-order valence-corrected chi connectivity index (χ3v) is 1.87. The van der Waals surface area contributed by atoms with Gasteiger partial charge in [0.2, 0.25) is 0 Å². The van der Waals surface area contributed by atoms with Gasteiger partial charge in [-0.05, 0) is 18.6 Å². The van der Waals surface area contributed by atoms with Crippen LogP contribution in [0.5, 0.6) is 5.75 Å². The molecule has 0 aliphatic carbocycles. The second kappa shape index (κ2) is 4.91. The Kier molecular flexibility index (Phi) is 3.83. The zero-order valence-electron chi connectivity index (χ0n) is 7.97. The van der Waals surface area contributed by atoms with E-state index in [2.05, 4.69) is 0 Å². The molecule has 1 aromatic rings. The number of rotatable bonds is 4. The SMILES string of the molecule is CC[C@@H](N)COc1ccc(F)cc1F. The van der Waals surface area contributed by atoms with E-state index in [1.54, 1.807) is 0 Å². The van der Waals surface area contributed by atoms with Gasteiger partial charge in [0.1, 0.15) is 12.4 Å². The highest BCUT2D eigenvalue weighted by Gasteiger charge is 2.06. The zero-order valence-corrected chi connectivity index (χ0v) is 7.97. The normalized spacial score (nSPS) is 12.6. The predicted molar refractivity (Wildman–Crippen MR) is 50.1 cm³/mol. The summed E-state index contributed by atoms with van der Waals surface area (Å²) in [6.07, 6.45) is 0.753. The van der Waals surface area contributed by atoms with Crippen molar-refractivity contribution in [2.75, 3.05) is 6.61 Å². The van der Waals surface area contributed by atoms with Crippen LogP contribution >= 0.6 is 0 Å². The summed E-state index contributed by atoms with van der Waals surface area (Å²) >= 11 is 0. The van der Waals surface area contributed by atoms with Gasteiger partial charge >= 0.3 is 0 Å². The third kappa shape index (κ3) is 2.96. The van der Waals surface area contributed by atoms with Crippen molar-refractivity contribution in [1.29, 1.82) is 0 Å². The summed E-state index contributed by atoms with van der Waals surface area (Å²) in [6, 6.07) is 3.06. The minimum Gasteiger partial charge on any atom is -0.489 e. The molecule has 1 rings (SSSR count). The summed E-state index contributed by atoms with van der Waals surface area (Å²) in [5.41, 5.74) is 5.58. The first kappa shape index (κ1) is 10.9. The Hall–Kier alpha value is -1.16. The summed E-state index contributed by atoms with van der Waals surface area (Å²) in [7, 11) is 0. The number of nitrogens with two attached hydrogens (primary N) is 1. The van der Waals surface area contributed by atoms with Gasteiger partial charge in [0.15, 0.2) is 11.6 Å². The summed E-state index contributed by atoms with van der Waals surface area (Å²) < 4.78 is 30.6. The average molecular weight is 201 g/mol. The highest BCUT2D eigenvalue weighted by atomic mass is 19.1. The van der Waals surface area contributed by atoms with Crippen LogP contribution in [0.3, 0.4) is 0 Å². The van der Waals surface area contributed by atoms with Gasteiger partial charge in [0.05, 0.1) is 0 Å². The summed E-state index contributed by atoms with van der Waals surface area (Å²) in [5.74, 6) is -1.28. The van der Waals surface area contributed by atoms with E-state index in [0.29, 0.717) is 0 Å². The van der Waals surface area contributed by atoms with Crippen LogP contribution in [0.25, 0.3) is 0 Å². The molecular formula is C10H13F2NO. The average Bonchev–Trinajstić information content (AvgIpc) is 2.16. The van der Waals surface area contributed by atoms with Crippen molar-refractivity contribution < 1.29 is 13.5 Å². The standard InChI is InChI=1S/C10H13F2NO/c1-2-8(13)6-14-10-4-3-7(11)5-9(10)12/h3-5,8H,2,6,13H2,1H3/t8-/m1/s1. The molecule has 0 aliphatic heterocycles. The van der Waals surface area contributed by atoms with Crippen molar-refractivity contribution in [3.05, 3.63) is 29.8 Å². The van der Waals surface area contributed by atoms with Gasteiger partial charge in [-0.25, -0.2) is 8.78 Å². The van der Waals surface area contributed by atoms with E-state index in [1.807, 2.05) is 6.92 Å². The molecule has 0 heterocycles. The Morgan fingerprint density at radius 2 is 2.14 bits per heavy atom. The lowest BCUT2D eigenvalue weighted by atomic mass is 10.2. The summed E-state index contributed by atoms with van der Waals surface area (Å²) in [5, 5.41) is 0. The number of hydrogen-bond acceptors (Lipinski definition) is 2. The largest absolute Gasteiger partial charge is 0.489 e. The lowest BCUT2D eigenvalue weighted by Crippen LogP contribution is -2.26. The van der Waals surface area contributed by atoms with Gasteiger partial charge in [-0.2, -0.15) is 0 Å². The van der Waals surface area contributed by atoms with Crippen LogP contribution < -0.4 is 10.5 Å².